The Morgan fingerprint density at radius 2 is 1.61 bits per heavy atom. The van der Waals surface area contributed by atoms with Crippen LogP contribution in [0, 0.1) is 11.6 Å². The monoisotopic (exact) mass is 696 g/mol. The first-order valence-electron chi connectivity index (χ1n) is 14.3. The van der Waals surface area contributed by atoms with Crippen LogP contribution in [0.25, 0.3) is 26.5 Å². The molecule has 256 valence electrons. The van der Waals surface area contributed by atoms with Crippen LogP contribution in [-0.2, 0) is 22.8 Å². The maximum Gasteiger partial charge on any atom is 0.374 e. The molecular weight excluding hydrogens is 666 g/mol. The largest absolute Gasteiger partial charge is 0.480 e. The van der Waals surface area contributed by atoms with Gasteiger partial charge in [0.15, 0.2) is 5.82 Å². The number of urea groups is 2. The summed E-state index contributed by atoms with van der Waals surface area (Å²) in [5.41, 5.74) is 1.44. The Bertz CT molecular complexity index is 2110. The van der Waals surface area contributed by atoms with Crippen LogP contribution >= 0.6 is 11.3 Å². The third-order valence-electron chi connectivity index (χ3n) is 7.13. The van der Waals surface area contributed by atoms with Gasteiger partial charge in [0, 0.05) is 28.7 Å². The lowest BCUT2D eigenvalue weighted by Crippen LogP contribution is -2.44. The summed E-state index contributed by atoms with van der Waals surface area (Å²) in [5.74, 6) is -1.70. The Balaban J connectivity index is 1.70. The van der Waals surface area contributed by atoms with Gasteiger partial charge < -0.3 is 15.0 Å². The van der Waals surface area contributed by atoms with Gasteiger partial charge in [-0.15, -0.1) is 26.6 Å². The minimum Gasteiger partial charge on any atom is -0.480 e. The molecule has 18 heteroatoms. The number of halogens is 2. The van der Waals surface area contributed by atoms with E-state index in [4.69, 9.17) is 9.57 Å². The van der Waals surface area contributed by atoms with Crippen LogP contribution in [0.4, 0.5) is 24.1 Å². The summed E-state index contributed by atoms with van der Waals surface area (Å²) in [7, 11) is 7.30. The molecule has 15 nitrogen and oxygen atoms in total. The molecule has 2 aromatic carbocycles. The number of hydrogen-bond acceptors (Lipinski definition) is 11. The van der Waals surface area contributed by atoms with Crippen LogP contribution < -0.4 is 26.8 Å². The predicted molar refractivity (Wildman–Crippen MR) is 176 cm³/mol. The van der Waals surface area contributed by atoms with Crippen molar-refractivity contribution < 1.29 is 32.8 Å². The molecule has 0 aliphatic heterocycles. The van der Waals surface area contributed by atoms with Gasteiger partial charge >= 0.3 is 17.8 Å². The number of rotatable bonds is 10. The number of hydrogen-bond donors (Lipinski definition) is 2. The molecule has 0 saturated heterocycles. The zero-order valence-electron chi connectivity index (χ0n) is 26.8. The number of ether oxygens (including phenoxy) is 1. The van der Waals surface area contributed by atoms with Crippen molar-refractivity contribution in [1.82, 2.24) is 34.8 Å². The third kappa shape index (κ3) is 7.02. The molecule has 4 amide bonds. The van der Waals surface area contributed by atoms with Crippen LogP contribution in [0.2, 0.25) is 0 Å². The Hall–Kier alpha value is -5.56. The number of amides is 4. The lowest BCUT2D eigenvalue weighted by atomic mass is 10.1. The maximum absolute atomic E-state index is 14.9. The third-order valence-corrected chi connectivity index (χ3v) is 8.43. The highest BCUT2D eigenvalue weighted by Crippen LogP contribution is 2.38. The summed E-state index contributed by atoms with van der Waals surface area (Å²) in [4.78, 5) is 64.9. The Morgan fingerprint density at radius 3 is 2.18 bits per heavy atom. The summed E-state index contributed by atoms with van der Waals surface area (Å²) in [6, 6.07) is 10.8. The van der Waals surface area contributed by atoms with Gasteiger partial charge in [-0.25, -0.2) is 33.2 Å². The van der Waals surface area contributed by atoms with E-state index in [1.807, 2.05) is 10.4 Å². The van der Waals surface area contributed by atoms with Crippen LogP contribution in [-0.4, -0.2) is 76.8 Å². The van der Waals surface area contributed by atoms with E-state index in [2.05, 4.69) is 20.4 Å². The number of hydroxylamine groups is 3. The summed E-state index contributed by atoms with van der Waals surface area (Å²) in [6.45, 7) is -0.294. The number of carbonyl (C=O) groups is 2. The van der Waals surface area contributed by atoms with Crippen molar-refractivity contribution in [2.75, 3.05) is 40.7 Å². The number of aromatic nitrogens is 4. The predicted octanol–water partition coefficient (Wildman–Crippen LogP) is 3.73. The number of nitrogens with zero attached hydrogens (tertiary/aromatic N) is 6. The van der Waals surface area contributed by atoms with E-state index in [1.54, 1.807) is 38.4 Å². The number of imide groups is 1. The Labute approximate surface area is 280 Å². The number of fused-ring (bicyclic) bond motifs is 1. The van der Waals surface area contributed by atoms with E-state index < -0.39 is 41.5 Å². The quantitative estimate of drug-likeness (QED) is 0.206. The van der Waals surface area contributed by atoms with Crippen LogP contribution in [0.1, 0.15) is 11.1 Å². The van der Waals surface area contributed by atoms with Gasteiger partial charge in [-0.1, -0.05) is 18.2 Å². The second-order valence-electron chi connectivity index (χ2n) is 10.6. The van der Waals surface area contributed by atoms with Crippen molar-refractivity contribution in [2.45, 2.75) is 13.1 Å². The van der Waals surface area contributed by atoms with Crippen molar-refractivity contribution in [1.29, 1.82) is 0 Å². The van der Waals surface area contributed by atoms with Gasteiger partial charge in [-0.3, -0.25) is 19.0 Å². The molecule has 5 rings (SSSR count). The number of nitrogens with one attached hydrogen (secondary N) is 2. The molecule has 5 aromatic rings. The topological polar surface area (TPSA) is 162 Å². The van der Waals surface area contributed by atoms with Gasteiger partial charge in [0.25, 0.3) is 5.56 Å². The SMILES string of the molecule is CONC(=O)N(OC)C(=O)Nc1ccc(-c2sc3c(c2CN(C)C)c(=O)n(-c2ccc(OC)nn2)c(=O)n3Cc2c(F)cccc2F)cc1. The first-order valence-corrected chi connectivity index (χ1v) is 15.2. The number of carbonyl (C=O) groups excluding carboxylic acids is 2. The standard InChI is InChI=1S/C31H30F2N8O7S/c1-38(2)15-20-25-27(42)40(23-13-14-24(46-3)36-35-23)31(45)39(16-19-21(32)7-6-8-22(19)33)28(25)49-26(20)17-9-11-18(12-10-17)34-29(43)41(48-5)30(44)37-47-4/h6-14H,15-16H2,1-5H3,(H,34,43)(H,37,44). The molecule has 0 aliphatic rings. The van der Waals surface area contributed by atoms with Crippen LogP contribution in [0.3, 0.4) is 0 Å². The van der Waals surface area contributed by atoms with E-state index in [0.717, 1.165) is 39.7 Å². The summed E-state index contributed by atoms with van der Waals surface area (Å²) < 4.78 is 36.9. The lowest BCUT2D eigenvalue weighted by molar-refractivity contribution is -0.0562. The number of anilines is 1. The molecule has 0 radical (unpaired) electrons. The fraction of sp³-hybridized carbons (Fsp3) is 0.226. The molecule has 0 spiro atoms. The van der Waals surface area contributed by atoms with E-state index >= 15 is 0 Å². The maximum atomic E-state index is 14.9. The molecule has 0 unspecified atom stereocenters. The second-order valence-corrected chi connectivity index (χ2v) is 11.6. The normalized spacial score (nSPS) is 11.2. The average Bonchev–Trinajstić information content (AvgIpc) is 3.43. The molecule has 0 atom stereocenters. The summed E-state index contributed by atoms with van der Waals surface area (Å²) >= 11 is 1.09. The molecular formula is C31H30F2N8O7S. The molecule has 0 bridgehead atoms. The minimum atomic E-state index is -0.967. The van der Waals surface area contributed by atoms with E-state index in [9.17, 15) is 28.0 Å². The summed E-state index contributed by atoms with van der Waals surface area (Å²) in [5, 5.41) is 11.0. The number of benzene rings is 2. The second kappa shape index (κ2) is 14.7. The van der Waals surface area contributed by atoms with Gasteiger partial charge in [0.05, 0.1) is 33.3 Å². The molecule has 0 aliphatic carbocycles. The van der Waals surface area contributed by atoms with E-state index in [1.165, 1.54) is 32.4 Å². The molecule has 3 aromatic heterocycles. The fourth-order valence-corrected chi connectivity index (χ4v) is 6.26. The van der Waals surface area contributed by atoms with Crippen molar-refractivity contribution in [2.24, 2.45) is 0 Å². The van der Waals surface area contributed by atoms with Crippen molar-refractivity contribution in [3.05, 3.63) is 98.2 Å². The van der Waals surface area contributed by atoms with Crippen molar-refractivity contribution >= 4 is 39.3 Å². The highest BCUT2D eigenvalue weighted by atomic mass is 32.1. The fourth-order valence-electron chi connectivity index (χ4n) is 4.96. The molecule has 3 heterocycles. The smallest absolute Gasteiger partial charge is 0.374 e. The van der Waals surface area contributed by atoms with E-state index in [-0.39, 0.29) is 34.0 Å². The Morgan fingerprint density at radius 1 is 0.918 bits per heavy atom. The number of thiophene rings is 1. The van der Waals surface area contributed by atoms with Gasteiger partial charge in [0.2, 0.25) is 5.88 Å². The first-order chi connectivity index (χ1) is 23.5. The minimum absolute atomic E-state index is 0.117. The molecule has 2 N–H and O–H groups in total. The highest BCUT2D eigenvalue weighted by molar-refractivity contribution is 7.22. The average molecular weight is 697 g/mol. The highest BCUT2D eigenvalue weighted by Gasteiger charge is 2.26. The molecule has 0 fully saturated rings. The van der Waals surface area contributed by atoms with Crippen molar-refractivity contribution in [3.63, 3.8) is 0 Å². The first kappa shape index (κ1) is 34.8. The van der Waals surface area contributed by atoms with Crippen LogP contribution in [0.15, 0.2) is 64.2 Å². The molecule has 49 heavy (non-hydrogen) atoms. The zero-order chi connectivity index (χ0) is 35.4. The van der Waals surface area contributed by atoms with Gasteiger partial charge in [-0.05, 0) is 55.6 Å². The van der Waals surface area contributed by atoms with Crippen molar-refractivity contribution in [3.8, 4) is 22.1 Å². The Kier molecular flexibility index (Phi) is 10.4. The van der Waals surface area contributed by atoms with Gasteiger partial charge in [0.1, 0.15) is 16.5 Å². The summed E-state index contributed by atoms with van der Waals surface area (Å²) in [6.07, 6.45) is 0. The number of methoxy groups -OCH3 is 1. The molecule has 0 saturated carbocycles. The van der Waals surface area contributed by atoms with Crippen LogP contribution in [0.5, 0.6) is 5.88 Å². The lowest BCUT2D eigenvalue weighted by Gasteiger charge is -2.18. The van der Waals surface area contributed by atoms with E-state index in [0.29, 0.717) is 26.8 Å². The zero-order valence-corrected chi connectivity index (χ0v) is 27.6. The van der Waals surface area contributed by atoms with Gasteiger partial charge in [-0.2, -0.15) is 0 Å².